The summed E-state index contributed by atoms with van der Waals surface area (Å²) in [5.74, 6) is -1.54. The second kappa shape index (κ2) is 7.13. The molecule has 21 heavy (non-hydrogen) atoms. The van der Waals surface area contributed by atoms with Crippen molar-refractivity contribution in [2.24, 2.45) is 0 Å². The van der Waals surface area contributed by atoms with E-state index in [1.165, 1.54) is 25.1 Å². The first-order valence-electron chi connectivity index (χ1n) is 6.23. The van der Waals surface area contributed by atoms with Crippen LogP contribution in [0.1, 0.15) is 24.2 Å². The second-order valence-corrected chi connectivity index (χ2v) is 4.16. The molecular weight excluding hydrogens is 278 g/mol. The van der Waals surface area contributed by atoms with Gasteiger partial charge in [0.1, 0.15) is 5.75 Å². The lowest BCUT2D eigenvalue weighted by Crippen LogP contribution is -2.45. The number of nitrogen functional groups attached to an aromatic ring is 1. The minimum atomic E-state index is -1.15. The van der Waals surface area contributed by atoms with Crippen molar-refractivity contribution in [3.63, 3.8) is 0 Å². The van der Waals surface area contributed by atoms with E-state index in [4.69, 9.17) is 15.6 Å². The van der Waals surface area contributed by atoms with Crippen molar-refractivity contribution in [3.05, 3.63) is 23.8 Å². The van der Waals surface area contributed by atoms with Crippen LogP contribution >= 0.6 is 0 Å². The number of hydrogen-bond donors (Lipinski definition) is 4. The van der Waals surface area contributed by atoms with Crippen LogP contribution < -0.4 is 21.1 Å². The number of nitrogens with one attached hydrogen (secondary N) is 2. The van der Waals surface area contributed by atoms with Gasteiger partial charge in [-0.05, 0) is 26.0 Å². The molecule has 0 bridgehead atoms. The number of nitrogens with two attached hydrogens (primary N) is 1. The molecule has 0 fully saturated rings. The number of imide groups is 1. The van der Waals surface area contributed by atoms with E-state index in [2.05, 4.69) is 10.6 Å². The molecule has 0 spiro atoms. The molecule has 0 aromatic heterocycles. The molecule has 5 N–H and O–H groups in total. The van der Waals surface area contributed by atoms with E-state index < -0.39 is 24.0 Å². The topological polar surface area (TPSA) is 131 Å². The van der Waals surface area contributed by atoms with Crippen molar-refractivity contribution >= 4 is 23.6 Å². The Morgan fingerprint density at radius 1 is 1.38 bits per heavy atom. The van der Waals surface area contributed by atoms with E-state index in [0.29, 0.717) is 6.54 Å². The van der Waals surface area contributed by atoms with Gasteiger partial charge in [0.15, 0.2) is 6.10 Å². The zero-order chi connectivity index (χ0) is 16.0. The maximum absolute atomic E-state index is 11.7. The summed E-state index contributed by atoms with van der Waals surface area (Å²) in [4.78, 5) is 33.7. The van der Waals surface area contributed by atoms with Gasteiger partial charge in [-0.25, -0.2) is 9.59 Å². The van der Waals surface area contributed by atoms with Crippen molar-refractivity contribution in [2.75, 3.05) is 12.3 Å². The van der Waals surface area contributed by atoms with Gasteiger partial charge in [-0.15, -0.1) is 0 Å². The Morgan fingerprint density at radius 3 is 2.57 bits per heavy atom. The van der Waals surface area contributed by atoms with Crippen LogP contribution in [0.25, 0.3) is 0 Å². The molecule has 1 aromatic rings. The van der Waals surface area contributed by atoms with Gasteiger partial charge in [-0.2, -0.15) is 0 Å². The molecule has 0 aliphatic rings. The molecule has 0 saturated carbocycles. The molecule has 1 aromatic carbocycles. The Hall–Kier alpha value is -2.77. The van der Waals surface area contributed by atoms with Crippen molar-refractivity contribution < 1.29 is 24.2 Å². The number of amides is 3. The van der Waals surface area contributed by atoms with Crippen LogP contribution in [0, 0.1) is 0 Å². The zero-order valence-electron chi connectivity index (χ0n) is 11.7. The number of benzene rings is 1. The van der Waals surface area contributed by atoms with Crippen LogP contribution in [-0.4, -0.2) is 35.7 Å². The predicted octanol–water partition coefficient (Wildman–Crippen LogP) is 0.580. The molecule has 0 saturated heterocycles. The minimum absolute atomic E-state index is 0.0244. The Kier molecular flexibility index (Phi) is 5.53. The van der Waals surface area contributed by atoms with E-state index in [1.54, 1.807) is 6.92 Å². The molecule has 0 aliphatic heterocycles. The molecule has 114 valence electrons. The Bertz CT molecular complexity index is 559. The average molecular weight is 295 g/mol. The Labute approximate surface area is 121 Å². The first kappa shape index (κ1) is 16.3. The van der Waals surface area contributed by atoms with Crippen LogP contribution in [0.15, 0.2) is 18.2 Å². The quantitative estimate of drug-likeness (QED) is 0.588. The van der Waals surface area contributed by atoms with Crippen molar-refractivity contribution in [2.45, 2.75) is 20.0 Å². The summed E-state index contributed by atoms with van der Waals surface area (Å²) in [6.07, 6.45) is -0.942. The molecule has 8 nitrogen and oxygen atoms in total. The summed E-state index contributed by atoms with van der Waals surface area (Å²) >= 11 is 0. The van der Waals surface area contributed by atoms with Gasteiger partial charge in [0.2, 0.25) is 0 Å². The number of carbonyl (C=O) groups is 3. The predicted molar refractivity (Wildman–Crippen MR) is 75.1 cm³/mol. The fourth-order valence-electron chi connectivity index (χ4n) is 1.48. The average Bonchev–Trinajstić information content (AvgIpc) is 2.38. The molecule has 0 heterocycles. The molecule has 1 rings (SSSR count). The van der Waals surface area contributed by atoms with Gasteiger partial charge in [0.25, 0.3) is 5.91 Å². The van der Waals surface area contributed by atoms with Gasteiger partial charge in [-0.1, -0.05) is 0 Å². The lowest BCUT2D eigenvalue weighted by Gasteiger charge is -2.15. The smallest absolute Gasteiger partial charge is 0.337 e. The lowest BCUT2D eigenvalue weighted by atomic mass is 10.2. The van der Waals surface area contributed by atoms with Gasteiger partial charge in [0, 0.05) is 18.3 Å². The number of aromatic carboxylic acids is 1. The maximum Gasteiger partial charge on any atom is 0.337 e. The van der Waals surface area contributed by atoms with Crippen LogP contribution in [0.5, 0.6) is 5.75 Å². The van der Waals surface area contributed by atoms with Crippen molar-refractivity contribution in [3.8, 4) is 5.75 Å². The molecule has 0 aliphatic carbocycles. The summed E-state index contributed by atoms with van der Waals surface area (Å²) in [6, 6.07) is 3.36. The standard InChI is InChI=1S/C13H17N3O5/c1-3-15-13(20)16-11(17)7(2)21-8-4-5-9(12(18)19)10(14)6-8/h4-7H,3,14H2,1-2H3,(H,18,19)(H2,15,16,17,20). The van der Waals surface area contributed by atoms with E-state index in [1.807, 2.05) is 0 Å². The van der Waals surface area contributed by atoms with Crippen LogP contribution in [0.2, 0.25) is 0 Å². The molecule has 1 unspecified atom stereocenters. The monoisotopic (exact) mass is 295 g/mol. The summed E-state index contributed by atoms with van der Waals surface area (Å²) < 4.78 is 5.31. The second-order valence-electron chi connectivity index (χ2n) is 4.16. The summed E-state index contributed by atoms with van der Waals surface area (Å²) in [5, 5.41) is 13.4. The molecular formula is C13H17N3O5. The first-order chi connectivity index (χ1) is 9.85. The highest BCUT2D eigenvalue weighted by molar-refractivity contribution is 5.96. The van der Waals surface area contributed by atoms with Gasteiger partial charge in [-0.3, -0.25) is 10.1 Å². The van der Waals surface area contributed by atoms with E-state index in [9.17, 15) is 14.4 Å². The number of hydrogen-bond acceptors (Lipinski definition) is 5. The van der Waals surface area contributed by atoms with Crippen LogP contribution in [0.4, 0.5) is 10.5 Å². The number of anilines is 1. The van der Waals surface area contributed by atoms with Crippen molar-refractivity contribution in [1.82, 2.24) is 10.6 Å². The number of ether oxygens (including phenoxy) is 1. The summed E-state index contributed by atoms with van der Waals surface area (Å²) in [7, 11) is 0. The van der Waals surface area contributed by atoms with E-state index >= 15 is 0 Å². The SMILES string of the molecule is CCNC(=O)NC(=O)C(C)Oc1ccc(C(=O)O)c(N)c1. The molecule has 1 atom stereocenters. The van der Waals surface area contributed by atoms with Gasteiger partial charge < -0.3 is 20.9 Å². The zero-order valence-corrected chi connectivity index (χ0v) is 11.7. The highest BCUT2D eigenvalue weighted by Crippen LogP contribution is 2.20. The number of carbonyl (C=O) groups excluding carboxylic acids is 2. The van der Waals surface area contributed by atoms with Gasteiger partial charge in [0.05, 0.1) is 5.56 Å². The van der Waals surface area contributed by atoms with Crippen molar-refractivity contribution in [1.29, 1.82) is 0 Å². The Morgan fingerprint density at radius 2 is 2.05 bits per heavy atom. The third-order valence-corrected chi connectivity index (χ3v) is 2.51. The first-order valence-corrected chi connectivity index (χ1v) is 6.23. The van der Waals surface area contributed by atoms with E-state index in [-0.39, 0.29) is 17.0 Å². The van der Waals surface area contributed by atoms with Crippen LogP contribution in [-0.2, 0) is 4.79 Å². The normalized spacial score (nSPS) is 11.3. The number of rotatable bonds is 5. The third kappa shape index (κ3) is 4.68. The third-order valence-electron chi connectivity index (χ3n) is 2.51. The Balaban J connectivity index is 2.68. The molecule has 3 amide bonds. The number of urea groups is 1. The molecule has 0 radical (unpaired) electrons. The van der Waals surface area contributed by atoms with E-state index in [0.717, 1.165) is 0 Å². The highest BCUT2D eigenvalue weighted by atomic mass is 16.5. The fourth-order valence-corrected chi connectivity index (χ4v) is 1.48. The molecule has 8 heteroatoms. The largest absolute Gasteiger partial charge is 0.481 e. The number of carboxylic acids is 1. The highest BCUT2D eigenvalue weighted by Gasteiger charge is 2.18. The number of carboxylic acid groups (broad SMARTS) is 1. The van der Waals surface area contributed by atoms with Crippen LogP contribution in [0.3, 0.4) is 0 Å². The maximum atomic E-state index is 11.7. The minimum Gasteiger partial charge on any atom is -0.481 e. The summed E-state index contributed by atoms with van der Waals surface area (Å²) in [6.45, 7) is 3.56. The fraction of sp³-hybridized carbons (Fsp3) is 0.308. The lowest BCUT2D eigenvalue weighted by molar-refractivity contribution is -0.126. The van der Waals surface area contributed by atoms with Gasteiger partial charge >= 0.3 is 12.0 Å². The summed E-state index contributed by atoms with van der Waals surface area (Å²) in [5.41, 5.74) is 5.54.